The summed E-state index contributed by atoms with van der Waals surface area (Å²) in [6, 6.07) is 9.65. The van der Waals surface area contributed by atoms with E-state index >= 15 is 0 Å². The van der Waals surface area contributed by atoms with Crippen molar-refractivity contribution in [1.82, 2.24) is 9.97 Å². The Bertz CT molecular complexity index is 640. The SMILES string of the molecule is C=CCNc1cc(C)nc(Nc2ccccc2OC(C)C)n1. The van der Waals surface area contributed by atoms with Crippen molar-refractivity contribution in [3.8, 4) is 5.75 Å². The molecule has 0 spiro atoms. The Labute approximate surface area is 131 Å². The third-order valence-electron chi connectivity index (χ3n) is 2.78. The Morgan fingerprint density at radius 3 is 2.77 bits per heavy atom. The molecule has 0 bridgehead atoms. The number of nitrogens with zero attached hydrogens (tertiary/aromatic N) is 2. The predicted octanol–water partition coefficient (Wildman–Crippen LogP) is 3.91. The van der Waals surface area contributed by atoms with E-state index in [4.69, 9.17) is 4.74 Å². The van der Waals surface area contributed by atoms with Gasteiger partial charge in [-0.05, 0) is 32.9 Å². The lowest BCUT2D eigenvalue weighted by Crippen LogP contribution is -2.09. The predicted molar refractivity (Wildman–Crippen MR) is 90.9 cm³/mol. The van der Waals surface area contributed by atoms with Crippen LogP contribution in [0.1, 0.15) is 19.5 Å². The van der Waals surface area contributed by atoms with Crippen molar-refractivity contribution in [3.63, 3.8) is 0 Å². The molecule has 0 saturated carbocycles. The molecule has 0 fully saturated rings. The summed E-state index contributed by atoms with van der Waals surface area (Å²) in [7, 11) is 0. The van der Waals surface area contributed by atoms with Crippen molar-refractivity contribution in [3.05, 3.63) is 48.7 Å². The van der Waals surface area contributed by atoms with E-state index in [1.807, 2.05) is 51.1 Å². The van der Waals surface area contributed by atoms with Crippen LogP contribution in [0.4, 0.5) is 17.5 Å². The maximum absolute atomic E-state index is 5.80. The summed E-state index contributed by atoms with van der Waals surface area (Å²) in [5.41, 5.74) is 1.72. The number of hydrogen-bond acceptors (Lipinski definition) is 5. The molecule has 1 aromatic carbocycles. The van der Waals surface area contributed by atoms with Crippen molar-refractivity contribution in [1.29, 1.82) is 0 Å². The molecule has 5 nitrogen and oxygen atoms in total. The van der Waals surface area contributed by atoms with Crippen molar-refractivity contribution < 1.29 is 4.74 Å². The summed E-state index contributed by atoms with van der Waals surface area (Å²) < 4.78 is 5.80. The van der Waals surface area contributed by atoms with Gasteiger partial charge in [0.2, 0.25) is 5.95 Å². The van der Waals surface area contributed by atoms with Crippen LogP contribution in [0, 0.1) is 6.92 Å². The first-order valence-electron chi connectivity index (χ1n) is 7.31. The fraction of sp³-hybridized carbons (Fsp3) is 0.294. The number of benzene rings is 1. The highest BCUT2D eigenvalue weighted by Crippen LogP contribution is 2.27. The first-order chi connectivity index (χ1) is 10.6. The van der Waals surface area contributed by atoms with E-state index < -0.39 is 0 Å². The van der Waals surface area contributed by atoms with Crippen LogP contribution in [0.15, 0.2) is 43.0 Å². The Morgan fingerprint density at radius 2 is 2.05 bits per heavy atom. The minimum Gasteiger partial charge on any atom is -0.489 e. The minimum absolute atomic E-state index is 0.103. The van der Waals surface area contributed by atoms with Gasteiger partial charge in [-0.2, -0.15) is 4.98 Å². The van der Waals surface area contributed by atoms with Crippen LogP contribution in [0.5, 0.6) is 5.75 Å². The molecule has 0 aliphatic heterocycles. The summed E-state index contributed by atoms with van der Waals surface area (Å²) in [5.74, 6) is 2.08. The number of aromatic nitrogens is 2. The lowest BCUT2D eigenvalue weighted by molar-refractivity contribution is 0.244. The van der Waals surface area contributed by atoms with Gasteiger partial charge in [-0.1, -0.05) is 18.2 Å². The average Bonchev–Trinajstić information content (AvgIpc) is 2.46. The van der Waals surface area contributed by atoms with E-state index in [1.54, 1.807) is 6.08 Å². The van der Waals surface area contributed by atoms with Crippen LogP contribution in [-0.2, 0) is 0 Å². The van der Waals surface area contributed by atoms with E-state index in [2.05, 4.69) is 27.2 Å². The molecule has 5 heteroatoms. The Hall–Kier alpha value is -2.56. The average molecular weight is 298 g/mol. The first-order valence-corrected chi connectivity index (χ1v) is 7.31. The van der Waals surface area contributed by atoms with Gasteiger partial charge < -0.3 is 15.4 Å². The number of para-hydroxylation sites is 2. The van der Waals surface area contributed by atoms with E-state index in [0.29, 0.717) is 12.5 Å². The third-order valence-corrected chi connectivity index (χ3v) is 2.78. The minimum atomic E-state index is 0.103. The van der Waals surface area contributed by atoms with E-state index in [1.165, 1.54) is 0 Å². The standard InChI is InChI=1S/C17H22N4O/c1-5-10-18-16-11-13(4)19-17(21-16)20-14-8-6-7-9-15(14)22-12(2)3/h5-9,11-12H,1,10H2,2-4H3,(H2,18,19,20,21). The molecule has 0 unspecified atom stereocenters. The topological polar surface area (TPSA) is 59.1 Å². The van der Waals surface area contributed by atoms with Gasteiger partial charge in [0.25, 0.3) is 0 Å². The molecule has 2 N–H and O–H groups in total. The van der Waals surface area contributed by atoms with Gasteiger partial charge in [-0.25, -0.2) is 4.98 Å². The Kier molecular flexibility index (Phi) is 5.36. The largest absolute Gasteiger partial charge is 0.489 e. The molecular weight excluding hydrogens is 276 g/mol. The van der Waals surface area contributed by atoms with Crippen molar-refractivity contribution >= 4 is 17.5 Å². The van der Waals surface area contributed by atoms with E-state index in [-0.39, 0.29) is 6.10 Å². The second-order valence-electron chi connectivity index (χ2n) is 5.18. The van der Waals surface area contributed by atoms with Crippen LogP contribution < -0.4 is 15.4 Å². The summed E-state index contributed by atoms with van der Waals surface area (Å²) in [6.45, 7) is 10.3. The van der Waals surface area contributed by atoms with Gasteiger partial charge in [-0.3, -0.25) is 0 Å². The van der Waals surface area contributed by atoms with Gasteiger partial charge in [0.15, 0.2) is 0 Å². The molecule has 2 rings (SSSR count). The third kappa shape index (κ3) is 4.48. The normalized spacial score (nSPS) is 10.4. The molecule has 0 amide bonds. The second kappa shape index (κ2) is 7.45. The fourth-order valence-electron chi connectivity index (χ4n) is 1.94. The molecule has 0 radical (unpaired) electrons. The highest BCUT2D eigenvalue weighted by molar-refractivity contribution is 5.63. The zero-order chi connectivity index (χ0) is 15.9. The van der Waals surface area contributed by atoms with Crippen LogP contribution >= 0.6 is 0 Å². The first kappa shape index (κ1) is 15.8. The molecule has 0 aliphatic carbocycles. The summed E-state index contributed by atoms with van der Waals surface area (Å²) >= 11 is 0. The maximum atomic E-state index is 5.80. The number of aryl methyl sites for hydroxylation is 1. The Balaban J connectivity index is 2.23. The molecule has 2 aromatic rings. The highest BCUT2D eigenvalue weighted by Gasteiger charge is 2.08. The van der Waals surface area contributed by atoms with Gasteiger partial charge in [0.05, 0.1) is 11.8 Å². The van der Waals surface area contributed by atoms with Crippen LogP contribution in [0.25, 0.3) is 0 Å². The monoisotopic (exact) mass is 298 g/mol. The molecule has 0 aliphatic rings. The zero-order valence-corrected chi connectivity index (χ0v) is 13.3. The summed E-state index contributed by atoms with van der Waals surface area (Å²) in [5, 5.41) is 6.39. The zero-order valence-electron chi connectivity index (χ0n) is 13.3. The number of hydrogen-bond donors (Lipinski definition) is 2. The van der Waals surface area contributed by atoms with Gasteiger partial charge in [0, 0.05) is 18.3 Å². The Morgan fingerprint density at radius 1 is 1.27 bits per heavy atom. The van der Waals surface area contributed by atoms with Crippen molar-refractivity contribution in [2.24, 2.45) is 0 Å². The molecule has 0 saturated heterocycles. The van der Waals surface area contributed by atoms with Crippen LogP contribution in [0.2, 0.25) is 0 Å². The molecular formula is C17H22N4O. The van der Waals surface area contributed by atoms with Crippen molar-refractivity contribution in [2.75, 3.05) is 17.2 Å². The number of rotatable bonds is 7. The highest BCUT2D eigenvalue weighted by atomic mass is 16.5. The van der Waals surface area contributed by atoms with Crippen LogP contribution in [-0.4, -0.2) is 22.6 Å². The molecule has 22 heavy (non-hydrogen) atoms. The van der Waals surface area contributed by atoms with Gasteiger partial charge >= 0.3 is 0 Å². The maximum Gasteiger partial charge on any atom is 0.229 e. The smallest absolute Gasteiger partial charge is 0.229 e. The number of anilines is 3. The lowest BCUT2D eigenvalue weighted by Gasteiger charge is -2.15. The number of ether oxygens (including phenoxy) is 1. The van der Waals surface area contributed by atoms with Crippen molar-refractivity contribution in [2.45, 2.75) is 26.9 Å². The van der Waals surface area contributed by atoms with Gasteiger partial charge in [-0.15, -0.1) is 6.58 Å². The molecule has 0 atom stereocenters. The molecule has 1 aromatic heterocycles. The summed E-state index contributed by atoms with van der Waals surface area (Å²) in [6.07, 6.45) is 1.89. The fourth-order valence-corrected chi connectivity index (χ4v) is 1.94. The number of nitrogens with one attached hydrogen (secondary N) is 2. The van der Waals surface area contributed by atoms with E-state index in [0.717, 1.165) is 22.9 Å². The quantitative estimate of drug-likeness (QED) is 0.759. The van der Waals surface area contributed by atoms with Crippen LogP contribution in [0.3, 0.4) is 0 Å². The second-order valence-corrected chi connectivity index (χ2v) is 5.18. The van der Waals surface area contributed by atoms with Gasteiger partial charge in [0.1, 0.15) is 11.6 Å². The molecule has 1 heterocycles. The lowest BCUT2D eigenvalue weighted by atomic mass is 10.3. The summed E-state index contributed by atoms with van der Waals surface area (Å²) in [4.78, 5) is 8.86. The molecule has 116 valence electrons. The van der Waals surface area contributed by atoms with E-state index in [9.17, 15) is 0 Å².